The summed E-state index contributed by atoms with van der Waals surface area (Å²) >= 11 is 5.89. The number of amides is 1. The maximum Gasteiger partial charge on any atom is 0.314 e. The summed E-state index contributed by atoms with van der Waals surface area (Å²) in [7, 11) is 0. The molecule has 0 bridgehead atoms. The number of esters is 1. The third-order valence-electron chi connectivity index (χ3n) is 4.00. The molecule has 0 saturated carbocycles. The number of nitrogens with zero attached hydrogens (tertiary/aromatic N) is 1. The van der Waals surface area contributed by atoms with E-state index in [0.717, 1.165) is 12.0 Å². The Labute approximate surface area is 152 Å². The van der Waals surface area contributed by atoms with Crippen LogP contribution >= 0.6 is 11.6 Å². The van der Waals surface area contributed by atoms with Crippen molar-refractivity contribution in [1.82, 2.24) is 4.98 Å². The Morgan fingerprint density at radius 2 is 1.92 bits per heavy atom. The summed E-state index contributed by atoms with van der Waals surface area (Å²) < 4.78 is 5.24. The second kappa shape index (κ2) is 9.18. The Bertz CT molecular complexity index is 722. The molecule has 0 spiro atoms. The van der Waals surface area contributed by atoms with E-state index in [-0.39, 0.29) is 17.7 Å². The molecule has 0 aliphatic carbocycles. The number of aromatic nitrogens is 1. The van der Waals surface area contributed by atoms with Gasteiger partial charge >= 0.3 is 5.97 Å². The van der Waals surface area contributed by atoms with Crippen molar-refractivity contribution >= 4 is 29.2 Å². The third-order valence-corrected chi connectivity index (χ3v) is 4.31. The number of anilines is 1. The fourth-order valence-corrected chi connectivity index (χ4v) is 2.65. The number of halogens is 1. The highest BCUT2D eigenvalue weighted by atomic mass is 35.5. The molecule has 0 unspecified atom stereocenters. The first-order chi connectivity index (χ1) is 12.0. The summed E-state index contributed by atoms with van der Waals surface area (Å²) in [5, 5.41) is 2.76. The third kappa shape index (κ3) is 5.29. The Hall–Kier alpha value is -2.40. The summed E-state index contributed by atoms with van der Waals surface area (Å²) in [5.74, 6) is -1.17. The van der Waals surface area contributed by atoms with E-state index in [2.05, 4.69) is 10.3 Å². The summed E-state index contributed by atoms with van der Waals surface area (Å²) in [4.78, 5) is 28.4. The number of nitrogens with one attached hydrogen (secondary N) is 1. The van der Waals surface area contributed by atoms with Crippen LogP contribution in [0.3, 0.4) is 0 Å². The predicted molar refractivity (Wildman–Crippen MR) is 97.5 cm³/mol. The van der Waals surface area contributed by atoms with Crippen molar-refractivity contribution in [3.8, 4) is 0 Å². The summed E-state index contributed by atoms with van der Waals surface area (Å²) in [6.07, 6.45) is 2.35. The minimum atomic E-state index is -0.459. The van der Waals surface area contributed by atoms with Crippen LogP contribution in [0.1, 0.15) is 31.7 Å². The van der Waals surface area contributed by atoms with Crippen LogP contribution in [-0.2, 0) is 14.3 Å². The molecule has 6 heteroatoms. The molecule has 2 atom stereocenters. The molecule has 132 valence electrons. The van der Waals surface area contributed by atoms with E-state index in [4.69, 9.17) is 16.3 Å². The van der Waals surface area contributed by atoms with E-state index in [1.807, 2.05) is 44.2 Å². The van der Waals surface area contributed by atoms with Crippen molar-refractivity contribution in [3.63, 3.8) is 0 Å². The van der Waals surface area contributed by atoms with Crippen LogP contribution in [0.5, 0.6) is 0 Å². The highest BCUT2D eigenvalue weighted by molar-refractivity contribution is 6.32. The van der Waals surface area contributed by atoms with E-state index in [9.17, 15) is 9.59 Å². The summed E-state index contributed by atoms with van der Waals surface area (Å²) in [6, 6.07) is 12.7. The number of benzene rings is 1. The zero-order valence-electron chi connectivity index (χ0n) is 14.2. The lowest BCUT2D eigenvalue weighted by Gasteiger charge is -2.21. The molecule has 0 radical (unpaired) electrons. The second-order valence-corrected chi connectivity index (χ2v) is 6.13. The molecule has 0 saturated heterocycles. The van der Waals surface area contributed by atoms with E-state index >= 15 is 0 Å². The molecule has 1 amide bonds. The SMILES string of the molecule is CC[C@H](C)[C@@H](C(=O)OCC(=O)Nc1cccnc1Cl)c1ccccc1. The number of rotatable bonds is 7. The van der Waals surface area contributed by atoms with Crippen LogP contribution in [0.15, 0.2) is 48.7 Å². The van der Waals surface area contributed by atoms with Gasteiger partial charge in [0.05, 0.1) is 11.6 Å². The maximum absolute atomic E-state index is 12.5. The number of carbonyl (C=O) groups excluding carboxylic acids is 2. The van der Waals surface area contributed by atoms with Crippen LogP contribution in [0.2, 0.25) is 5.15 Å². The van der Waals surface area contributed by atoms with Gasteiger partial charge in [-0.1, -0.05) is 62.2 Å². The lowest BCUT2D eigenvalue weighted by molar-refractivity contribution is -0.150. The average molecular weight is 361 g/mol. The Morgan fingerprint density at radius 1 is 1.20 bits per heavy atom. The summed E-state index contributed by atoms with van der Waals surface area (Å²) in [6.45, 7) is 3.64. The summed E-state index contributed by atoms with van der Waals surface area (Å²) in [5.41, 5.74) is 1.27. The zero-order chi connectivity index (χ0) is 18.2. The van der Waals surface area contributed by atoms with Gasteiger partial charge in [0.2, 0.25) is 0 Å². The smallest absolute Gasteiger partial charge is 0.314 e. The largest absolute Gasteiger partial charge is 0.455 e. The first-order valence-electron chi connectivity index (χ1n) is 8.14. The molecule has 2 rings (SSSR count). The Balaban J connectivity index is 1.99. The minimum absolute atomic E-state index is 0.103. The molecule has 5 nitrogen and oxygen atoms in total. The van der Waals surface area contributed by atoms with Gasteiger partial charge in [0.1, 0.15) is 0 Å². The highest BCUT2D eigenvalue weighted by Crippen LogP contribution is 2.28. The van der Waals surface area contributed by atoms with Crippen LogP contribution in [0.25, 0.3) is 0 Å². The minimum Gasteiger partial charge on any atom is -0.455 e. The van der Waals surface area contributed by atoms with Gasteiger partial charge < -0.3 is 10.1 Å². The van der Waals surface area contributed by atoms with Gasteiger partial charge in [-0.05, 0) is 23.6 Å². The highest BCUT2D eigenvalue weighted by Gasteiger charge is 2.27. The fourth-order valence-electron chi connectivity index (χ4n) is 2.49. The van der Waals surface area contributed by atoms with Gasteiger partial charge in [-0.3, -0.25) is 9.59 Å². The molecule has 1 N–H and O–H groups in total. The van der Waals surface area contributed by atoms with Crippen LogP contribution < -0.4 is 5.32 Å². The molecule has 0 aliphatic rings. The predicted octanol–water partition coefficient (Wildman–Crippen LogP) is 4.05. The number of hydrogen-bond donors (Lipinski definition) is 1. The van der Waals surface area contributed by atoms with Gasteiger partial charge in [-0.2, -0.15) is 0 Å². The van der Waals surface area contributed by atoms with Crippen molar-refractivity contribution < 1.29 is 14.3 Å². The zero-order valence-corrected chi connectivity index (χ0v) is 15.0. The van der Waals surface area contributed by atoms with E-state index in [0.29, 0.717) is 5.69 Å². The normalized spacial score (nSPS) is 12.9. The Kier molecular flexibility index (Phi) is 6.95. The van der Waals surface area contributed by atoms with Crippen LogP contribution in [0.4, 0.5) is 5.69 Å². The quantitative estimate of drug-likeness (QED) is 0.597. The van der Waals surface area contributed by atoms with Crippen LogP contribution in [-0.4, -0.2) is 23.5 Å². The Morgan fingerprint density at radius 3 is 2.56 bits per heavy atom. The van der Waals surface area contributed by atoms with E-state index in [1.54, 1.807) is 12.1 Å². The molecular weight excluding hydrogens is 340 g/mol. The van der Waals surface area contributed by atoms with Gasteiger partial charge in [0.15, 0.2) is 11.8 Å². The number of carbonyl (C=O) groups is 2. The van der Waals surface area contributed by atoms with E-state index in [1.165, 1.54) is 6.20 Å². The monoisotopic (exact) mass is 360 g/mol. The number of hydrogen-bond acceptors (Lipinski definition) is 4. The second-order valence-electron chi connectivity index (χ2n) is 5.77. The lowest BCUT2D eigenvalue weighted by Crippen LogP contribution is -2.27. The van der Waals surface area contributed by atoms with Crippen LogP contribution in [0, 0.1) is 5.92 Å². The van der Waals surface area contributed by atoms with Crippen molar-refractivity contribution in [2.75, 3.05) is 11.9 Å². The molecule has 25 heavy (non-hydrogen) atoms. The molecule has 0 fully saturated rings. The molecule has 1 aromatic heterocycles. The van der Waals surface area contributed by atoms with Gasteiger partial charge in [-0.25, -0.2) is 4.98 Å². The van der Waals surface area contributed by atoms with Crippen molar-refractivity contribution in [2.24, 2.45) is 5.92 Å². The molecule has 0 aliphatic heterocycles. The molecular formula is C19H21ClN2O3. The van der Waals surface area contributed by atoms with Crippen molar-refractivity contribution in [2.45, 2.75) is 26.2 Å². The topological polar surface area (TPSA) is 68.3 Å². The first-order valence-corrected chi connectivity index (χ1v) is 8.52. The van der Waals surface area contributed by atoms with Gasteiger partial charge in [-0.15, -0.1) is 0 Å². The standard InChI is InChI=1S/C19H21ClN2O3/c1-3-13(2)17(14-8-5-4-6-9-14)19(24)25-12-16(23)22-15-10-7-11-21-18(15)20/h4-11,13,17H,3,12H2,1-2H3,(H,22,23)/t13-,17+/m0/s1. The number of ether oxygens (including phenoxy) is 1. The van der Waals surface area contributed by atoms with E-state index < -0.39 is 17.8 Å². The lowest BCUT2D eigenvalue weighted by atomic mass is 9.86. The average Bonchev–Trinajstić information content (AvgIpc) is 2.63. The number of pyridine rings is 1. The maximum atomic E-state index is 12.5. The first kappa shape index (κ1) is 18.9. The van der Waals surface area contributed by atoms with Gasteiger partial charge in [0, 0.05) is 6.20 Å². The van der Waals surface area contributed by atoms with Crippen molar-refractivity contribution in [3.05, 3.63) is 59.4 Å². The fraction of sp³-hybridized carbons (Fsp3) is 0.316. The molecule has 1 heterocycles. The molecule has 2 aromatic rings. The van der Waals surface area contributed by atoms with Crippen molar-refractivity contribution in [1.29, 1.82) is 0 Å². The van der Waals surface area contributed by atoms with Gasteiger partial charge in [0.25, 0.3) is 5.91 Å². The molecule has 1 aromatic carbocycles.